The molecule has 0 aromatic rings. The molecule has 96 valence electrons. The van der Waals surface area contributed by atoms with Crippen molar-refractivity contribution in [1.82, 2.24) is 0 Å². The van der Waals surface area contributed by atoms with E-state index in [-0.39, 0.29) is 5.60 Å². The molecule has 0 aromatic carbocycles. The maximum Gasteiger partial charge on any atom is 0.109 e. The summed E-state index contributed by atoms with van der Waals surface area (Å²) in [5.41, 5.74) is 1.94. The van der Waals surface area contributed by atoms with E-state index >= 15 is 0 Å². The topological polar surface area (TPSA) is 12.5 Å². The van der Waals surface area contributed by atoms with Crippen LogP contribution in [-0.4, -0.2) is 11.7 Å². The fourth-order valence-corrected chi connectivity index (χ4v) is 4.63. The summed E-state index contributed by atoms with van der Waals surface area (Å²) in [6.45, 7) is 13.9. The van der Waals surface area contributed by atoms with E-state index in [1.54, 1.807) is 0 Å². The molecule has 0 bridgehead atoms. The van der Waals surface area contributed by atoms with Crippen molar-refractivity contribution in [3.8, 4) is 0 Å². The summed E-state index contributed by atoms with van der Waals surface area (Å²) in [4.78, 5) is 0. The standard InChI is InChI=1S/C16H26O/c1-10(2)13-6-7-16-14(17-16)11(3)8-12(4)15(16,5)9-13/h10,12-14H,3,6-9H2,1-2,4-5H3/t12-,13-,14?,15+,16?/m0/s1. The van der Waals surface area contributed by atoms with Gasteiger partial charge in [-0.25, -0.2) is 0 Å². The zero-order chi connectivity index (χ0) is 12.4. The minimum absolute atomic E-state index is 0.188. The molecule has 5 atom stereocenters. The Balaban J connectivity index is 1.91. The summed E-state index contributed by atoms with van der Waals surface area (Å²) in [6, 6.07) is 0. The Morgan fingerprint density at radius 2 is 2.12 bits per heavy atom. The smallest absolute Gasteiger partial charge is 0.109 e. The molecule has 1 saturated heterocycles. The Hall–Kier alpha value is -0.300. The average Bonchev–Trinajstić information content (AvgIpc) is 2.98. The van der Waals surface area contributed by atoms with Gasteiger partial charge in [-0.05, 0) is 49.0 Å². The Morgan fingerprint density at radius 3 is 2.76 bits per heavy atom. The second-order valence-electron chi connectivity index (χ2n) is 7.32. The lowest BCUT2D eigenvalue weighted by atomic mass is 9.52. The van der Waals surface area contributed by atoms with Crippen LogP contribution in [0, 0.1) is 23.2 Å². The van der Waals surface area contributed by atoms with E-state index in [2.05, 4.69) is 34.3 Å². The SMILES string of the molecule is C=C1C[C@H](C)[C@@]2(C)C[C@@H](C(C)C)CCC23OC13. The summed E-state index contributed by atoms with van der Waals surface area (Å²) in [5.74, 6) is 2.44. The zero-order valence-electron chi connectivity index (χ0n) is 11.8. The summed E-state index contributed by atoms with van der Waals surface area (Å²) >= 11 is 0. The first kappa shape index (κ1) is 11.8. The number of hydrogen-bond acceptors (Lipinski definition) is 1. The molecule has 1 aliphatic heterocycles. The highest BCUT2D eigenvalue weighted by Crippen LogP contribution is 2.68. The number of hydrogen-bond donors (Lipinski definition) is 0. The van der Waals surface area contributed by atoms with Crippen LogP contribution in [0.25, 0.3) is 0 Å². The number of rotatable bonds is 1. The summed E-state index contributed by atoms with van der Waals surface area (Å²) in [7, 11) is 0. The quantitative estimate of drug-likeness (QED) is 0.490. The molecule has 3 aliphatic rings. The van der Waals surface area contributed by atoms with Crippen LogP contribution in [0.1, 0.15) is 53.4 Å². The molecule has 3 fully saturated rings. The van der Waals surface area contributed by atoms with E-state index in [1.165, 1.54) is 31.3 Å². The van der Waals surface area contributed by atoms with E-state index in [9.17, 15) is 0 Å². The van der Waals surface area contributed by atoms with E-state index in [0.29, 0.717) is 11.5 Å². The molecule has 0 amide bonds. The molecule has 1 heterocycles. The van der Waals surface area contributed by atoms with Gasteiger partial charge in [-0.15, -0.1) is 0 Å². The van der Waals surface area contributed by atoms with Crippen LogP contribution in [0.2, 0.25) is 0 Å². The highest BCUT2D eigenvalue weighted by molar-refractivity contribution is 5.32. The van der Waals surface area contributed by atoms with Crippen molar-refractivity contribution in [2.45, 2.75) is 65.1 Å². The molecule has 1 nitrogen and oxygen atoms in total. The fraction of sp³-hybridized carbons (Fsp3) is 0.875. The van der Waals surface area contributed by atoms with Crippen LogP contribution >= 0.6 is 0 Å². The lowest BCUT2D eigenvalue weighted by Gasteiger charge is -2.51. The predicted octanol–water partition coefficient (Wildman–Crippen LogP) is 4.18. The third-order valence-corrected chi connectivity index (χ3v) is 6.20. The van der Waals surface area contributed by atoms with Crippen molar-refractivity contribution < 1.29 is 4.74 Å². The monoisotopic (exact) mass is 234 g/mol. The van der Waals surface area contributed by atoms with Gasteiger partial charge in [0.05, 0.1) is 0 Å². The first-order valence-corrected chi connectivity index (χ1v) is 7.26. The van der Waals surface area contributed by atoms with Crippen LogP contribution < -0.4 is 0 Å². The normalized spacial score (nSPS) is 53.2. The Morgan fingerprint density at radius 1 is 1.41 bits per heavy atom. The largest absolute Gasteiger partial charge is 0.361 e. The molecule has 1 spiro atoms. The van der Waals surface area contributed by atoms with E-state index < -0.39 is 0 Å². The third-order valence-electron chi connectivity index (χ3n) is 6.20. The molecule has 17 heavy (non-hydrogen) atoms. The maximum atomic E-state index is 6.18. The van der Waals surface area contributed by atoms with Gasteiger partial charge >= 0.3 is 0 Å². The van der Waals surface area contributed by atoms with Crippen LogP contribution in [0.4, 0.5) is 0 Å². The Kier molecular flexibility index (Phi) is 2.34. The maximum absolute atomic E-state index is 6.18. The van der Waals surface area contributed by atoms with Crippen LogP contribution in [-0.2, 0) is 4.74 Å². The van der Waals surface area contributed by atoms with E-state index in [1.807, 2.05) is 0 Å². The second kappa shape index (κ2) is 3.38. The predicted molar refractivity (Wildman–Crippen MR) is 70.8 cm³/mol. The van der Waals surface area contributed by atoms with Crippen molar-refractivity contribution >= 4 is 0 Å². The van der Waals surface area contributed by atoms with Gasteiger partial charge in [0, 0.05) is 5.41 Å². The van der Waals surface area contributed by atoms with Gasteiger partial charge in [0.15, 0.2) is 0 Å². The molecule has 2 unspecified atom stereocenters. The zero-order valence-corrected chi connectivity index (χ0v) is 11.8. The number of ether oxygens (including phenoxy) is 1. The van der Waals surface area contributed by atoms with Crippen molar-refractivity contribution in [2.24, 2.45) is 23.2 Å². The summed E-state index contributed by atoms with van der Waals surface area (Å²) in [5, 5.41) is 0. The second-order valence-corrected chi connectivity index (χ2v) is 7.32. The molecule has 0 aromatic heterocycles. The van der Waals surface area contributed by atoms with Gasteiger partial charge in [-0.1, -0.05) is 34.3 Å². The van der Waals surface area contributed by atoms with E-state index in [4.69, 9.17) is 4.74 Å². The van der Waals surface area contributed by atoms with Gasteiger partial charge in [-0.2, -0.15) is 0 Å². The van der Waals surface area contributed by atoms with Crippen molar-refractivity contribution in [3.63, 3.8) is 0 Å². The van der Waals surface area contributed by atoms with Crippen LogP contribution in [0.3, 0.4) is 0 Å². The molecule has 2 saturated carbocycles. The van der Waals surface area contributed by atoms with Gasteiger partial charge < -0.3 is 4.74 Å². The summed E-state index contributed by atoms with van der Waals surface area (Å²) < 4.78 is 6.18. The lowest BCUT2D eigenvalue weighted by molar-refractivity contribution is -0.0187. The minimum atomic E-state index is 0.188. The van der Waals surface area contributed by atoms with Crippen LogP contribution in [0.15, 0.2) is 12.2 Å². The van der Waals surface area contributed by atoms with E-state index in [0.717, 1.165) is 17.8 Å². The Bertz CT molecular complexity index is 359. The average molecular weight is 234 g/mol. The molecule has 0 N–H and O–H groups in total. The Labute approximate surface area is 106 Å². The van der Waals surface area contributed by atoms with Crippen molar-refractivity contribution in [1.29, 1.82) is 0 Å². The van der Waals surface area contributed by atoms with Crippen molar-refractivity contribution in [2.75, 3.05) is 0 Å². The van der Waals surface area contributed by atoms with Crippen LogP contribution in [0.5, 0.6) is 0 Å². The molecule has 2 aliphatic carbocycles. The first-order chi connectivity index (χ1) is 7.91. The third kappa shape index (κ3) is 1.35. The highest BCUT2D eigenvalue weighted by Gasteiger charge is 2.72. The molecule has 1 heteroatoms. The van der Waals surface area contributed by atoms with Crippen molar-refractivity contribution in [3.05, 3.63) is 12.2 Å². The molecule has 0 radical (unpaired) electrons. The fourth-order valence-electron chi connectivity index (χ4n) is 4.63. The van der Waals surface area contributed by atoms with Gasteiger partial charge in [-0.3, -0.25) is 0 Å². The van der Waals surface area contributed by atoms with Gasteiger partial charge in [0.25, 0.3) is 0 Å². The summed E-state index contributed by atoms with van der Waals surface area (Å²) in [6.07, 6.45) is 5.55. The van der Waals surface area contributed by atoms with Gasteiger partial charge in [0.1, 0.15) is 11.7 Å². The first-order valence-electron chi connectivity index (χ1n) is 7.26. The highest BCUT2D eigenvalue weighted by atomic mass is 16.6. The van der Waals surface area contributed by atoms with Gasteiger partial charge in [0.2, 0.25) is 0 Å². The minimum Gasteiger partial charge on any atom is -0.361 e. The molecule has 3 rings (SSSR count). The molecular formula is C16H26O. The number of epoxide rings is 1. The molecular weight excluding hydrogens is 208 g/mol. The lowest BCUT2D eigenvalue weighted by Crippen LogP contribution is -2.51.